The summed E-state index contributed by atoms with van der Waals surface area (Å²) in [5.74, 6) is 1.18. The summed E-state index contributed by atoms with van der Waals surface area (Å²) in [5.41, 5.74) is 5.29. The van der Waals surface area contributed by atoms with Crippen LogP contribution in [0.2, 0.25) is 0 Å². The van der Waals surface area contributed by atoms with E-state index < -0.39 is 6.04 Å². The third-order valence-corrected chi connectivity index (χ3v) is 6.51. The molecule has 3 heterocycles. The van der Waals surface area contributed by atoms with E-state index in [1.807, 2.05) is 67.1 Å². The highest BCUT2D eigenvalue weighted by Gasteiger charge is 2.34. The maximum atomic E-state index is 13.5. The molecule has 2 aromatic heterocycles. The lowest BCUT2D eigenvalue weighted by Crippen LogP contribution is -2.31. The van der Waals surface area contributed by atoms with E-state index in [1.54, 1.807) is 30.2 Å². The predicted octanol–water partition coefficient (Wildman–Crippen LogP) is 5.20. The standard InChI is InChI=1S/C26H24N6OS/c1-17-10-12-20(13-11-17)23-22(24(33)29-21-9-6-14-27-15-21)18(2)28-25-30-26(31-32(23)25)34-16-19-7-4-3-5-8-19/h3-15,23H,16H2,1-2H3,(H,29,33)(H,28,30,31)/t23-/m1/s1. The van der Waals surface area contributed by atoms with Gasteiger partial charge in [-0.1, -0.05) is 71.9 Å². The van der Waals surface area contributed by atoms with Crippen LogP contribution >= 0.6 is 11.8 Å². The fourth-order valence-corrected chi connectivity index (χ4v) is 4.69. The van der Waals surface area contributed by atoms with Crippen molar-refractivity contribution in [2.75, 3.05) is 10.6 Å². The van der Waals surface area contributed by atoms with Crippen molar-refractivity contribution in [2.45, 2.75) is 30.8 Å². The maximum Gasteiger partial charge on any atom is 0.255 e. The van der Waals surface area contributed by atoms with Gasteiger partial charge in [0.15, 0.2) is 0 Å². The molecule has 34 heavy (non-hydrogen) atoms. The van der Waals surface area contributed by atoms with Crippen LogP contribution in [0, 0.1) is 6.92 Å². The smallest absolute Gasteiger partial charge is 0.255 e. The zero-order chi connectivity index (χ0) is 23.5. The molecule has 5 rings (SSSR count). The second kappa shape index (κ2) is 9.52. The van der Waals surface area contributed by atoms with Crippen LogP contribution in [0.15, 0.2) is 95.6 Å². The zero-order valence-electron chi connectivity index (χ0n) is 18.9. The van der Waals surface area contributed by atoms with Crippen molar-refractivity contribution in [1.82, 2.24) is 19.7 Å². The lowest BCUT2D eigenvalue weighted by atomic mass is 9.94. The second-order valence-electron chi connectivity index (χ2n) is 8.11. The van der Waals surface area contributed by atoms with Crippen LogP contribution in [0.1, 0.15) is 29.7 Å². The Hall–Kier alpha value is -3.91. The SMILES string of the molecule is CC1=C(C(=O)Nc2cccnc2)[C@@H](c2ccc(C)cc2)n2nc(SCc3ccccc3)nc2N1. The summed E-state index contributed by atoms with van der Waals surface area (Å²) in [4.78, 5) is 22.3. The quantitative estimate of drug-likeness (QED) is 0.378. The first-order valence-corrected chi connectivity index (χ1v) is 12.0. The molecule has 0 fully saturated rings. The number of aromatic nitrogens is 4. The summed E-state index contributed by atoms with van der Waals surface area (Å²) in [6, 6.07) is 21.6. The van der Waals surface area contributed by atoms with Crippen molar-refractivity contribution in [2.24, 2.45) is 0 Å². The molecule has 0 saturated heterocycles. The number of allylic oxidation sites excluding steroid dienone is 1. The fraction of sp³-hybridized carbons (Fsp3) is 0.154. The molecule has 0 bridgehead atoms. The van der Waals surface area contributed by atoms with Crippen LogP contribution in [-0.4, -0.2) is 25.7 Å². The lowest BCUT2D eigenvalue weighted by Gasteiger charge is -2.28. The first kappa shape index (κ1) is 21.9. The van der Waals surface area contributed by atoms with E-state index in [9.17, 15) is 4.79 Å². The van der Waals surface area contributed by atoms with E-state index in [2.05, 4.69) is 27.8 Å². The number of thioether (sulfide) groups is 1. The van der Waals surface area contributed by atoms with Gasteiger partial charge < -0.3 is 10.6 Å². The summed E-state index contributed by atoms with van der Waals surface area (Å²) >= 11 is 1.57. The molecule has 0 aliphatic carbocycles. The number of rotatable bonds is 6. The number of fused-ring (bicyclic) bond motifs is 1. The monoisotopic (exact) mass is 468 g/mol. The van der Waals surface area contributed by atoms with E-state index >= 15 is 0 Å². The van der Waals surface area contributed by atoms with Gasteiger partial charge >= 0.3 is 0 Å². The Kier molecular flexibility index (Phi) is 6.14. The fourth-order valence-electron chi connectivity index (χ4n) is 3.90. The molecule has 1 aliphatic rings. The number of anilines is 2. The Morgan fingerprint density at radius 2 is 1.85 bits per heavy atom. The van der Waals surface area contributed by atoms with Crippen LogP contribution in [0.5, 0.6) is 0 Å². The number of pyridine rings is 1. The predicted molar refractivity (Wildman–Crippen MR) is 135 cm³/mol. The van der Waals surface area contributed by atoms with Crippen molar-refractivity contribution in [3.63, 3.8) is 0 Å². The number of carbonyl (C=O) groups excluding carboxylic acids is 1. The molecule has 2 aromatic carbocycles. The van der Waals surface area contributed by atoms with E-state index in [0.29, 0.717) is 22.4 Å². The van der Waals surface area contributed by atoms with Crippen molar-refractivity contribution < 1.29 is 4.79 Å². The van der Waals surface area contributed by atoms with Gasteiger partial charge in [-0.05, 0) is 37.1 Å². The van der Waals surface area contributed by atoms with Crippen molar-refractivity contribution >= 4 is 29.3 Å². The van der Waals surface area contributed by atoms with Crippen LogP contribution in [0.3, 0.4) is 0 Å². The number of hydrogen-bond acceptors (Lipinski definition) is 6. The average molecular weight is 469 g/mol. The van der Waals surface area contributed by atoms with Crippen molar-refractivity contribution in [1.29, 1.82) is 0 Å². The summed E-state index contributed by atoms with van der Waals surface area (Å²) in [6.07, 6.45) is 3.30. The molecule has 170 valence electrons. The van der Waals surface area contributed by atoms with Gasteiger partial charge in [0.2, 0.25) is 11.1 Å². The Labute approximate surface area is 202 Å². The van der Waals surface area contributed by atoms with Gasteiger partial charge in [-0.25, -0.2) is 4.68 Å². The molecule has 1 amide bonds. The van der Waals surface area contributed by atoms with Crippen molar-refractivity contribution in [3.8, 4) is 0 Å². The number of amides is 1. The van der Waals surface area contributed by atoms with Gasteiger partial charge in [-0.3, -0.25) is 9.78 Å². The topological polar surface area (TPSA) is 84.7 Å². The summed E-state index contributed by atoms with van der Waals surface area (Å²) in [5, 5.41) is 11.7. The maximum absolute atomic E-state index is 13.5. The van der Waals surface area contributed by atoms with E-state index in [-0.39, 0.29) is 5.91 Å². The molecule has 0 saturated carbocycles. The Morgan fingerprint density at radius 3 is 2.59 bits per heavy atom. The first-order valence-electron chi connectivity index (χ1n) is 11.0. The second-order valence-corrected chi connectivity index (χ2v) is 9.05. The van der Waals surface area contributed by atoms with Gasteiger partial charge in [-0.2, -0.15) is 4.98 Å². The average Bonchev–Trinajstić information content (AvgIpc) is 3.26. The van der Waals surface area contributed by atoms with Crippen LogP contribution in [-0.2, 0) is 10.5 Å². The van der Waals surface area contributed by atoms with Gasteiger partial charge in [0.1, 0.15) is 6.04 Å². The van der Waals surface area contributed by atoms with E-state index in [1.165, 1.54) is 5.56 Å². The molecule has 4 aromatic rings. The Bertz CT molecular complexity index is 1330. The largest absolute Gasteiger partial charge is 0.328 e. The number of nitrogens with zero attached hydrogens (tertiary/aromatic N) is 4. The van der Waals surface area contributed by atoms with Gasteiger partial charge in [0, 0.05) is 17.6 Å². The van der Waals surface area contributed by atoms with Crippen molar-refractivity contribution in [3.05, 3.63) is 107 Å². The highest BCUT2D eigenvalue weighted by Crippen LogP contribution is 2.37. The molecule has 0 radical (unpaired) electrons. The minimum atomic E-state index is -0.410. The Balaban J connectivity index is 1.49. The number of carbonyl (C=O) groups is 1. The molecular weight excluding hydrogens is 444 g/mol. The van der Waals surface area contributed by atoms with Gasteiger partial charge in [-0.15, -0.1) is 5.10 Å². The minimum absolute atomic E-state index is 0.205. The summed E-state index contributed by atoms with van der Waals surface area (Å²) < 4.78 is 1.81. The zero-order valence-corrected chi connectivity index (χ0v) is 19.7. The van der Waals surface area contributed by atoms with Crippen LogP contribution in [0.4, 0.5) is 11.6 Å². The Morgan fingerprint density at radius 1 is 1.06 bits per heavy atom. The molecule has 0 unspecified atom stereocenters. The molecule has 8 heteroatoms. The number of benzene rings is 2. The molecule has 2 N–H and O–H groups in total. The normalized spacial score (nSPS) is 14.9. The lowest BCUT2D eigenvalue weighted by molar-refractivity contribution is -0.113. The number of hydrogen-bond donors (Lipinski definition) is 2. The first-order chi connectivity index (χ1) is 16.6. The number of nitrogens with one attached hydrogen (secondary N) is 2. The molecular formula is C26H24N6OS. The number of aryl methyl sites for hydroxylation is 1. The minimum Gasteiger partial charge on any atom is -0.328 e. The third-order valence-electron chi connectivity index (χ3n) is 5.60. The molecule has 1 atom stereocenters. The van der Waals surface area contributed by atoms with Gasteiger partial charge in [0.25, 0.3) is 5.91 Å². The summed E-state index contributed by atoms with van der Waals surface area (Å²) in [7, 11) is 0. The van der Waals surface area contributed by atoms with Crippen LogP contribution in [0.25, 0.3) is 0 Å². The van der Waals surface area contributed by atoms with Crippen LogP contribution < -0.4 is 10.6 Å². The van der Waals surface area contributed by atoms with E-state index in [0.717, 1.165) is 22.6 Å². The molecule has 7 nitrogen and oxygen atoms in total. The highest BCUT2D eigenvalue weighted by molar-refractivity contribution is 7.98. The molecule has 0 spiro atoms. The highest BCUT2D eigenvalue weighted by atomic mass is 32.2. The molecule has 1 aliphatic heterocycles. The summed E-state index contributed by atoms with van der Waals surface area (Å²) in [6.45, 7) is 3.94. The van der Waals surface area contributed by atoms with E-state index in [4.69, 9.17) is 10.1 Å². The third kappa shape index (κ3) is 4.58. The van der Waals surface area contributed by atoms with Gasteiger partial charge in [0.05, 0.1) is 17.5 Å².